The highest BCUT2D eigenvalue weighted by molar-refractivity contribution is 6.21. The van der Waals surface area contributed by atoms with Gasteiger partial charge in [0, 0.05) is 49.5 Å². The molecule has 0 saturated carbocycles. The molecule has 6 heteroatoms. The third kappa shape index (κ3) is 4.20. The summed E-state index contributed by atoms with van der Waals surface area (Å²) in [6.45, 7) is 0. The van der Waals surface area contributed by atoms with Crippen LogP contribution in [0.3, 0.4) is 0 Å². The topological polar surface area (TPSA) is 69.9 Å². The minimum atomic E-state index is 0.558. The zero-order valence-electron chi connectivity index (χ0n) is 27.1. The maximum atomic E-state index is 6.79. The standard InChI is InChI=1S/C45H26N4O2/c1-3-12-27(13-4-1)43-46-44(28-14-5-2-6-15-28)48-45(47-43)36-19-11-18-34-32-23-22-29(26-39(32)51-41(34)36)49-37-20-9-7-16-30(37)33-24-25-35-31-17-8-10-21-38(31)50-42(35)40(33)49/h1-26H. The lowest BCUT2D eigenvalue weighted by Gasteiger charge is -2.08. The molecule has 0 aliphatic carbocycles. The van der Waals surface area contributed by atoms with Crippen molar-refractivity contribution in [2.45, 2.75) is 0 Å². The Balaban J connectivity index is 1.14. The normalized spacial score (nSPS) is 11.9. The van der Waals surface area contributed by atoms with Gasteiger partial charge in [0.05, 0.1) is 22.3 Å². The van der Waals surface area contributed by atoms with E-state index in [1.54, 1.807) is 0 Å². The number of benzene rings is 7. The summed E-state index contributed by atoms with van der Waals surface area (Å²) in [6.07, 6.45) is 0. The van der Waals surface area contributed by atoms with Crippen LogP contribution in [0.5, 0.6) is 0 Å². The Kier molecular flexibility index (Phi) is 5.86. The number of hydrogen-bond acceptors (Lipinski definition) is 5. The maximum absolute atomic E-state index is 6.79. The van der Waals surface area contributed by atoms with Crippen molar-refractivity contribution in [3.05, 3.63) is 158 Å². The van der Waals surface area contributed by atoms with Gasteiger partial charge in [-0.2, -0.15) is 0 Å². The number of aromatic nitrogens is 4. The van der Waals surface area contributed by atoms with Gasteiger partial charge in [0.15, 0.2) is 23.1 Å². The molecule has 51 heavy (non-hydrogen) atoms. The Morgan fingerprint density at radius 2 is 0.961 bits per heavy atom. The van der Waals surface area contributed by atoms with Crippen molar-refractivity contribution >= 4 is 65.7 Å². The second kappa shape index (κ2) is 10.7. The molecule has 0 atom stereocenters. The highest BCUT2D eigenvalue weighted by Gasteiger charge is 2.21. The van der Waals surface area contributed by atoms with Gasteiger partial charge in [-0.1, -0.05) is 115 Å². The van der Waals surface area contributed by atoms with Crippen LogP contribution in [0.1, 0.15) is 0 Å². The van der Waals surface area contributed by atoms with E-state index in [9.17, 15) is 0 Å². The number of rotatable bonds is 4. The summed E-state index contributed by atoms with van der Waals surface area (Å²) in [4.78, 5) is 14.9. The molecule has 0 saturated heterocycles. The Labute approximate surface area is 290 Å². The Bertz CT molecular complexity index is 3080. The van der Waals surface area contributed by atoms with Crippen molar-refractivity contribution in [2.24, 2.45) is 0 Å². The smallest absolute Gasteiger partial charge is 0.167 e. The van der Waals surface area contributed by atoms with Crippen LogP contribution in [0.15, 0.2) is 167 Å². The largest absolute Gasteiger partial charge is 0.455 e. The van der Waals surface area contributed by atoms with Crippen LogP contribution in [0.2, 0.25) is 0 Å². The van der Waals surface area contributed by atoms with E-state index in [0.717, 1.165) is 82.7 Å². The molecule has 11 rings (SSSR count). The predicted molar refractivity (Wildman–Crippen MR) is 205 cm³/mol. The molecule has 238 valence electrons. The van der Waals surface area contributed by atoms with Crippen LogP contribution in [0, 0.1) is 0 Å². The lowest BCUT2D eigenvalue weighted by atomic mass is 10.1. The molecule has 0 spiro atoms. The van der Waals surface area contributed by atoms with Crippen molar-refractivity contribution in [1.29, 1.82) is 0 Å². The molecule has 0 amide bonds. The van der Waals surface area contributed by atoms with Crippen molar-refractivity contribution in [3.63, 3.8) is 0 Å². The van der Waals surface area contributed by atoms with Crippen molar-refractivity contribution in [3.8, 4) is 39.9 Å². The van der Waals surface area contributed by atoms with E-state index in [1.807, 2.05) is 84.9 Å². The molecule has 7 aromatic carbocycles. The summed E-state index contributed by atoms with van der Waals surface area (Å²) in [5.41, 5.74) is 9.03. The average Bonchev–Trinajstić information content (AvgIpc) is 3.88. The molecule has 0 fully saturated rings. The van der Waals surface area contributed by atoms with E-state index < -0.39 is 0 Å². The Hall–Kier alpha value is -7.05. The minimum absolute atomic E-state index is 0.558. The van der Waals surface area contributed by atoms with Crippen LogP contribution in [-0.2, 0) is 0 Å². The predicted octanol–water partition coefficient (Wildman–Crippen LogP) is 11.8. The van der Waals surface area contributed by atoms with E-state index in [4.69, 9.17) is 23.8 Å². The maximum Gasteiger partial charge on any atom is 0.167 e. The first-order valence-corrected chi connectivity index (χ1v) is 16.9. The van der Waals surface area contributed by atoms with Gasteiger partial charge in [-0.15, -0.1) is 0 Å². The van der Waals surface area contributed by atoms with Crippen LogP contribution in [0.4, 0.5) is 0 Å². The second-order valence-electron chi connectivity index (χ2n) is 12.8. The molecule has 0 bridgehead atoms. The highest BCUT2D eigenvalue weighted by atomic mass is 16.3. The lowest BCUT2D eigenvalue weighted by molar-refractivity contribution is 0.668. The molecule has 4 heterocycles. The molecule has 0 aliphatic rings. The quantitative estimate of drug-likeness (QED) is 0.189. The van der Waals surface area contributed by atoms with Gasteiger partial charge >= 0.3 is 0 Å². The van der Waals surface area contributed by atoms with E-state index in [-0.39, 0.29) is 0 Å². The van der Waals surface area contributed by atoms with Gasteiger partial charge in [-0.05, 0) is 36.4 Å². The van der Waals surface area contributed by atoms with E-state index in [1.165, 1.54) is 5.39 Å². The summed E-state index contributed by atoms with van der Waals surface area (Å²) in [5, 5.41) is 6.53. The van der Waals surface area contributed by atoms with Gasteiger partial charge in [0.25, 0.3) is 0 Å². The van der Waals surface area contributed by atoms with Crippen molar-refractivity contribution in [2.75, 3.05) is 0 Å². The third-order valence-electron chi connectivity index (χ3n) is 9.86. The van der Waals surface area contributed by atoms with Crippen LogP contribution >= 0.6 is 0 Å². The number of nitrogens with zero attached hydrogens (tertiary/aromatic N) is 4. The van der Waals surface area contributed by atoms with E-state index in [2.05, 4.69) is 77.4 Å². The fraction of sp³-hybridized carbons (Fsp3) is 0. The summed E-state index contributed by atoms with van der Waals surface area (Å²) in [5.74, 6) is 1.78. The van der Waals surface area contributed by atoms with Gasteiger partial charge in [-0.3, -0.25) is 0 Å². The first-order chi connectivity index (χ1) is 25.3. The summed E-state index contributed by atoms with van der Waals surface area (Å²) < 4.78 is 15.7. The number of furan rings is 2. The van der Waals surface area contributed by atoms with E-state index >= 15 is 0 Å². The second-order valence-corrected chi connectivity index (χ2v) is 12.8. The van der Waals surface area contributed by atoms with Gasteiger partial charge in [-0.25, -0.2) is 15.0 Å². The van der Waals surface area contributed by atoms with Gasteiger partial charge in [0.1, 0.15) is 16.7 Å². The SMILES string of the molecule is c1ccc(-c2nc(-c3ccccc3)nc(-c3cccc4c3oc3cc(-n5c6ccccc6c6ccc7c8ccccc8oc7c65)ccc34)n2)cc1. The molecular formula is C45H26N4O2. The zero-order valence-corrected chi connectivity index (χ0v) is 27.1. The number of hydrogen-bond donors (Lipinski definition) is 0. The highest BCUT2D eigenvalue weighted by Crippen LogP contribution is 2.42. The Morgan fingerprint density at radius 3 is 1.75 bits per heavy atom. The molecular weight excluding hydrogens is 629 g/mol. The summed E-state index contributed by atoms with van der Waals surface area (Å²) in [7, 11) is 0. The first-order valence-electron chi connectivity index (χ1n) is 16.9. The fourth-order valence-electron chi connectivity index (χ4n) is 7.53. The molecule has 6 nitrogen and oxygen atoms in total. The minimum Gasteiger partial charge on any atom is -0.455 e. The molecule has 0 radical (unpaired) electrons. The molecule has 0 unspecified atom stereocenters. The van der Waals surface area contributed by atoms with E-state index in [0.29, 0.717) is 17.5 Å². The Morgan fingerprint density at radius 1 is 0.392 bits per heavy atom. The molecule has 4 aromatic heterocycles. The zero-order chi connectivity index (χ0) is 33.5. The lowest BCUT2D eigenvalue weighted by Crippen LogP contribution is -2.00. The van der Waals surface area contributed by atoms with Crippen LogP contribution in [0.25, 0.3) is 106 Å². The molecule has 11 aromatic rings. The van der Waals surface area contributed by atoms with Crippen molar-refractivity contribution in [1.82, 2.24) is 19.5 Å². The van der Waals surface area contributed by atoms with Crippen molar-refractivity contribution < 1.29 is 8.83 Å². The van der Waals surface area contributed by atoms with Crippen LogP contribution < -0.4 is 0 Å². The number of para-hydroxylation sites is 3. The van der Waals surface area contributed by atoms with Gasteiger partial charge in [0.2, 0.25) is 0 Å². The third-order valence-corrected chi connectivity index (χ3v) is 9.86. The first kappa shape index (κ1) is 27.9. The fourth-order valence-corrected chi connectivity index (χ4v) is 7.53. The summed E-state index contributed by atoms with van der Waals surface area (Å²) in [6, 6.07) is 53.8. The average molecular weight is 655 g/mol. The molecule has 0 aliphatic heterocycles. The molecule has 0 N–H and O–H groups in total. The van der Waals surface area contributed by atoms with Crippen LogP contribution in [-0.4, -0.2) is 19.5 Å². The monoisotopic (exact) mass is 654 g/mol. The summed E-state index contributed by atoms with van der Waals surface area (Å²) >= 11 is 0. The number of fused-ring (bicyclic) bond motifs is 10. The van der Waals surface area contributed by atoms with Gasteiger partial charge < -0.3 is 13.4 Å².